The van der Waals surface area contributed by atoms with E-state index in [2.05, 4.69) is 41.8 Å². The average Bonchev–Trinajstić information content (AvgIpc) is 2.42. The summed E-state index contributed by atoms with van der Waals surface area (Å²) in [4.78, 5) is 12.9. The molecule has 0 saturated heterocycles. The molecule has 0 aliphatic heterocycles. The summed E-state index contributed by atoms with van der Waals surface area (Å²) in [6.45, 7) is 3.61. The first-order chi connectivity index (χ1) is 9.15. The van der Waals surface area contributed by atoms with Crippen molar-refractivity contribution in [1.82, 2.24) is 15.5 Å². The monoisotopic (exact) mass is 263 g/mol. The van der Waals surface area contributed by atoms with Gasteiger partial charge < -0.3 is 15.5 Å². The van der Waals surface area contributed by atoms with Gasteiger partial charge in [0.05, 0.1) is 0 Å². The van der Waals surface area contributed by atoms with Crippen molar-refractivity contribution in [3.05, 3.63) is 35.9 Å². The van der Waals surface area contributed by atoms with Gasteiger partial charge in [-0.1, -0.05) is 43.7 Å². The summed E-state index contributed by atoms with van der Waals surface area (Å²) in [5.41, 5.74) is 1.31. The number of carbonyl (C=O) groups is 1. The Balaban J connectivity index is 2.37. The normalized spacial score (nSPS) is 11.9. The molecule has 0 aromatic heterocycles. The average molecular weight is 263 g/mol. The number of benzene rings is 1. The van der Waals surface area contributed by atoms with Crippen LogP contribution in [0.5, 0.6) is 0 Å². The Labute approximate surface area is 116 Å². The number of nitrogens with one attached hydrogen (secondary N) is 2. The largest absolute Gasteiger partial charge is 0.337 e. The third kappa shape index (κ3) is 5.75. The fraction of sp³-hybridized carbons (Fsp3) is 0.533. The van der Waals surface area contributed by atoms with Gasteiger partial charge in [-0.3, -0.25) is 0 Å². The van der Waals surface area contributed by atoms with Crippen molar-refractivity contribution in [3.63, 3.8) is 0 Å². The van der Waals surface area contributed by atoms with Gasteiger partial charge in [-0.15, -0.1) is 0 Å². The number of amides is 2. The molecule has 0 aliphatic rings. The van der Waals surface area contributed by atoms with Gasteiger partial charge in [0, 0.05) is 33.2 Å². The maximum atomic E-state index is 11.4. The number of hydrogen-bond donors (Lipinski definition) is 2. The van der Waals surface area contributed by atoms with E-state index in [4.69, 9.17) is 0 Å². The van der Waals surface area contributed by atoms with Crippen molar-refractivity contribution >= 4 is 6.03 Å². The third-order valence-electron chi connectivity index (χ3n) is 2.98. The fourth-order valence-electron chi connectivity index (χ4n) is 1.93. The molecule has 2 amide bonds. The molecular weight excluding hydrogens is 238 g/mol. The predicted octanol–water partition coefficient (Wildman–Crippen LogP) is 2.39. The summed E-state index contributed by atoms with van der Waals surface area (Å²) in [7, 11) is 3.49. The molecule has 1 atom stereocenters. The van der Waals surface area contributed by atoms with Gasteiger partial charge in [-0.25, -0.2) is 4.79 Å². The summed E-state index contributed by atoms with van der Waals surface area (Å²) in [6.07, 6.45) is 2.24. The van der Waals surface area contributed by atoms with Crippen molar-refractivity contribution < 1.29 is 4.79 Å². The summed E-state index contributed by atoms with van der Waals surface area (Å²) in [5.74, 6) is 0. The first kappa shape index (κ1) is 15.5. The van der Waals surface area contributed by atoms with Crippen LogP contribution >= 0.6 is 0 Å². The summed E-state index contributed by atoms with van der Waals surface area (Å²) in [5, 5.41) is 6.35. The topological polar surface area (TPSA) is 44.4 Å². The third-order valence-corrected chi connectivity index (χ3v) is 2.98. The maximum absolute atomic E-state index is 11.4. The second kappa shape index (κ2) is 8.53. The van der Waals surface area contributed by atoms with E-state index in [1.54, 1.807) is 19.0 Å². The van der Waals surface area contributed by atoms with Crippen LogP contribution in [0.2, 0.25) is 0 Å². The highest BCUT2D eigenvalue weighted by molar-refractivity contribution is 5.73. The number of nitrogens with zero attached hydrogens (tertiary/aromatic N) is 1. The summed E-state index contributed by atoms with van der Waals surface area (Å²) >= 11 is 0. The lowest BCUT2D eigenvalue weighted by Gasteiger charge is -2.19. The molecule has 19 heavy (non-hydrogen) atoms. The molecular formula is C15H25N3O. The lowest BCUT2D eigenvalue weighted by Crippen LogP contribution is -2.39. The molecule has 1 unspecified atom stereocenters. The Morgan fingerprint density at radius 1 is 1.21 bits per heavy atom. The van der Waals surface area contributed by atoms with Crippen LogP contribution in [0.15, 0.2) is 30.3 Å². The maximum Gasteiger partial charge on any atom is 0.316 e. The van der Waals surface area contributed by atoms with Crippen molar-refractivity contribution in [2.45, 2.75) is 25.8 Å². The Morgan fingerprint density at radius 3 is 2.47 bits per heavy atom. The van der Waals surface area contributed by atoms with E-state index in [0.717, 1.165) is 19.4 Å². The van der Waals surface area contributed by atoms with Gasteiger partial charge in [0.2, 0.25) is 0 Å². The first-order valence-corrected chi connectivity index (χ1v) is 6.88. The van der Waals surface area contributed by atoms with E-state index in [-0.39, 0.29) is 6.03 Å². The quantitative estimate of drug-likeness (QED) is 0.742. The second-order valence-electron chi connectivity index (χ2n) is 4.83. The Hall–Kier alpha value is -1.55. The molecule has 106 valence electrons. The highest BCUT2D eigenvalue weighted by Crippen LogP contribution is 2.17. The van der Waals surface area contributed by atoms with Crippen LogP contribution < -0.4 is 10.6 Å². The molecule has 1 rings (SSSR count). The highest BCUT2D eigenvalue weighted by Gasteiger charge is 2.09. The van der Waals surface area contributed by atoms with Crippen LogP contribution in [0.1, 0.15) is 31.4 Å². The van der Waals surface area contributed by atoms with Crippen LogP contribution in [-0.2, 0) is 0 Å². The van der Waals surface area contributed by atoms with E-state index in [9.17, 15) is 4.79 Å². The standard InChI is InChI=1S/C15H25N3O/c1-4-8-14(13-9-6-5-7-10-13)16-11-12-17-15(19)18(2)3/h5-7,9-10,14,16H,4,8,11-12H2,1-3H3,(H,17,19). The predicted molar refractivity (Wildman–Crippen MR) is 79.2 cm³/mol. The summed E-state index contributed by atoms with van der Waals surface area (Å²) in [6, 6.07) is 10.8. The highest BCUT2D eigenvalue weighted by atomic mass is 16.2. The van der Waals surface area contributed by atoms with Gasteiger partial charge >= 0.3 is 6.03 Å². The number of rotatable bonds is 7. The van der Waals surface area contributed by atoms with E-state index in [1.165, 1.54) is 5.56 Å². The zero-order valence-corrected chi connectivity index (χ0v) is 12.1. The molecule has 4 heteroatoms. The molecule has 4 nitrogen and oxygen atoms in total. The molecule has 0 spiro atoms. The zero-order valence-electron chi connectivity index (χ0n) is 12.1. The Morgan fingerprint density at radius 2 is 1.89 bits per heavy atom. The number of carbonyl (C=O) groups excluding carboxylic acids is 1. The molecule has 0 radical (unpaired) electrons. The Bertz CT molecular complexity index is 365. The van der Waals surface area contributed by atoms with Gasteiger partial charge in [-0.05, 0) is 12.0 Å². The molecule has 0 heterocycles. The van der Waals surface area contributed by atoms with Crippen molar-refractivity contribution in [2.24, 2.45) is 0 Å². The number of urea groups is 1. The van der Waals surface area contributed by atoms with Crippen LogP contribution in [0, 0.1) is 0 Å². The molecule has 0 saturated carbocycles. The fourth-order valence-corrected chi connectivity index (χ4v) is 1.93. The molecule has 0 fully saturated rings. The van der Waals surface area contributed by atoms with Gasteiger partial charge in [0.1, 0.15) is 0 Å². The molecule has 2 N–H and O–H groups in total. The van der Waals surface area contributed by atoms with Crippen LogP contribution in [0.25, 0.3) is 0 Å². The lowest BCUT2D eigenvalue weighted by molar-refractivity contribution is 0.217. The smallest absolute Gasteiger partial charge is 0.316 e. The molecule has 0 bridgehead atoms. The van der Waals surface area contributed by atoms with E-state index >= 15 is 0 Å². The SMILES string of the molecule is CCCC(NCCNC(=O)N(C)C)c1ccccc1. The van der Waals surface area contributed by atoms with Gasteiger partial charge in [0.25, 0.3) is 0 Å². The minimum atomic E-state index is -0.0476. The minimum absolute atomic E-state index is 0.0476. The van der Waals surface area contributed by atoms with E-state index in [0.29, 0.717) is 12.6 Å². The molecule has 1 aromatic carbocycles. The van der Waals surface area contributed by atoms with Crippen molar-refractivity contribution in [3.8, 4) is 0 Å². The van der Waals surface area contributed by atoms with E-state index < -0.39 is 0 Å². The van der Waals surface area contributed by atoms with Crippen LogP contribution in [0.3, 0.4) is 0 Å². The zero-order chi connectivity index (χ0) is 14.1. The minimum Gasteiger partial charge on any atom is -0.337 e. The van der Waals surface area contributed by atoms with Gasteiger partial charge in [0.15, 0.2) is 0 Å². The van der Waals surface area contributed by atoms with Crippen molar-refractivity contribution in [1.29, 1.82) is 0 Å². The molecule has 1 aromatic rings. The summed E-state index contributed by atoms with van der Waals surface area (Å²) < 4.78 is 0. The molecule has 0 aliphatic carbocycles. The lowest BCUT2D eigenvalue weighted by atomic mass is 10.0. The van der Waals surface area contributed by atoms with Gasteiger partial charge in [-0.2, -0.15) is 0 Å². The van der Waals surface area contributed by atoms with Crippen LogP contribution in [0.4, 0.5) is 4.79 Å². The first-order valence-electron chi connectivity index (χ1n) is 6.88. The second-order valence-corrected chi connectivity index (χ2v) is 4.83. The van der Waals surface area contributed by atoms with Crippen LogP contribution in [-0.4, -0.2) is 38.1 Å². The van der Waals surface area contributed by atoms with Crippen molar-refractivity contribution in [2.75, 3.05) is 27.2 Å². The Kier molecular flexibility index (Phi) is 6.97. The number of hydrogen-bond acceptors (Lipinski definition) is 2. The van der Waals surface area contributed by atoms with E-state index in [1.807, 2.05) is 6.07 Å².